The number of hydrogen-bond acceptors (Lipinski definition) is 7. The van der Waals surface area contributed by atoms with E-state index in [1.165, 1.54) is 17.8 Å². The predicted molar refractivity (Wildman–Crippen MR) is 90.4 cm³/mol. The molecule has 2 aromatic heterocycles. The molecule has 9 nitrogen and oxygen atoms in total. The Labute approximate surface area is 148 Å². The Balaban J connectivity index is 1.74. The summed E-state index contributed by atoms with van der Waals surface area (Å²) in [5.74, 6) is -0.266. The van der Waals surface area contributed by atoms with Crippen LogP contribution in [0.5, 0.6) is 0 Å². The van der Waals surface area contributed by atoms with Crippen LogP contribution in [0.15, 0.2) is 40.9 Å². The van der Waals surface area contributed by atoms with Gasteiger partial charge in [0.1, 0.15) is 5.69 Å². The second kappa shape index (κ2) is 6.79. The molecule has 0 bridgehead atoms. The number of aromatic nitrogens is 3. The zero-order valence-electron chi connectivity index (χ0n) is 14.4. The average Bonchev–Trinajstić information content (AvgIpc) is 3.22. The predicted octanol–water partition coefficient (Wildman–Crippen LogP) is 3.21. The molecular weight excluding hydrogens is 340 g/mol. The van der Waals surface area contributed by atoms with Crippen molar-refractivity contribution in [2.45, 2.75) is 20.0 Å². The highest BCUT2D eigenvalue weighted by molar-refractivity contribution is 5.88. The number of carbonyl (C=O) groups excluding carboxylic acids is 1. The SMILES string of the molecule is Cc1ccc(-c2nnc([C@@H](C)OC(=O)c3cc([N+](=O)[O-])cn3C)o2)cc1. The van der Waals surface area contributed by atoms with E-state index >= 15 is 0 Å². The maximum absolute atomic E-state index is 12.2. The van der Waals surface area contributed by atoms with Crippen LogP contribution in [-0.4, -0.2) is 25.7 Å². The smallest absolute Gasteiger partial charge is 0.355 e. The van der Waals surface area contributed by atoms with E-state index in [1.807, 2.05) is 31.2 Å². The monoisotopic (exact) mass is 356 g/mol. The maximum atomic E-state index is 12.2. The molecule has 0 unspecified atom stereocenters. The van der Waals surface area contributed by atoms with E-state index in [1.54, 1.807) is 6.92 Å². The van der Waals surface area contributed by atoms with E-state index in [0.717, 1.165) is 17.2 Å². The molecule has 0 fully saturated rings. The molecule has 0 spiro atoms. The number of ether oxygens (including phenoxy) is 1. The Kier molecular flexibility index (Phi) is 4.53. The van der Waals surface area contributed by atoms with Crippen molar-refractivity contribution in [3.8, 4) is 11.5 Å². The van der Waals surface area contributed by atoms with Gasteiger partial charge in [-0.15, -0.1) is 10.2 Å². The minimum Gasteiger partial charge on any atom is -0.448 e. The van der Waals surface area contributed by atoms with E-state index in [0.29, 0.717) is 5.89 Å². The Morgan fingerprint density at radius 1 is 1.31 bits per heavy atom. The number of aryl methyl sites for hydroxylation is 2. The first-order valence-electron chi connectivity index (χ1n) is 7.77. The summed E-state index contributed by atoms with van der Waals surface area (Å²) in [6.07, 6.45) is 0.437. The van der Waals surface area contributed by atoms with Gasteiger partial charge in [0.2, 0.25) is 5.89 Å². The van der Waals surface area contributed by atoms with Crippen LogP contribution in [0.4, 0.5) is 5.69 Å². The van der Waals surface area contributed by atoms with Crippen molar-refractivity contribution >= 4 is 11.7 Å². The quantitative estimate of drug-likeness (QED) is 0.392. The molecule has 0 aliphatic rings. The molecule has 26 heavy (non-hydrogen) atoms. The molecule has 2 heterocycles. The van der Waals surface area contributed by atoms with Crippen molar-refractivity contribution in [1.82, 2.24) is 14.8 Å². The van der Waals surface area contributed by atoms with Gasteiger partial charge in [0.15, 0.2) is 6.10 Å². The highest BCUT2D eigenvalue weighted by Gasteiger charge is 2.24. The van der Waals surface area contributed by atoms with Gasteiger partial charge in [-0.2, -0.15) is 0 Å². The Hall–Kier alpha value is -3.49. The Bertz CT molecular complexity index is 958. The normalized spacial score (nSPS) is 12.0. The van der Waals surface area contributed by atoms with Crippen molar-refractivity contribution in [1.29, 1.82) is 0 Å². The fraction of sp³-hybridized carbons (Fsp3) is 0.235. The molecule has 3 aromatic rings. The second-order valence-corrected chi connectivity index (χ2v) is 5.81. The fourth-order valence-corrected chi connectivity index (χ4v) is 2.33. The van der Waals surface area contributed by atoms with Crippen molar-refractivity contribution < 1.29 is 18.9 Å². The zero-order chi connectivity index (χ0) is 18.8. The number of carbonyl (C=O) groups is 1. The summed E-state index contributed by atoms with van der Waals surface area (Å²) in [4.78, 5) is 22.5. The summed E-state index contributed by atoms with van der Waals surface area (Å²) in [5, 5.41) is 18.7. The van der Waals surface area contributed by atoms with Crippen molar-refractivity contribution in [2.24, 2.45) is 7.05 Å². The van der Waals surface area contributed by atoms with Crippen LogP contribution in [0.1, 0.15) is 35.0 Å². The van der Waals surface area contributed by atoms with Gasteiger partial charge in [0.25, 0.3) is 11.6 Å². The van der Waals surface area contributed by atoms with Crippen LogP contribution in [-0.2, 0) is 11.8 Å². The number of nitrogens with zero attached hydrogens (tertiary/aromatic N) is 4. The van der Waals surface area contributed by atoms with Crippen molar-refractivity contribution in [3.05, 3.63) is 63.8 Å². The van der Waals surface area contributed by atoms with Gasteiger partial charge in [0, 0.05) is 18.7 Å². The summed E-state index contributed by atoms with van der Waals surface area (Å²) in [6.45, 7) is 3.56. The lowest BCUT2D eigenvalue weighted by molar-refractivity contribution is -0.384. The molecular formula is C17H16N4O5. The van der Waals surface area contributed by atoms with Gasteiger partial charge in [-0.25, -0.2) is 4.79 Å². The molecule has 9 heteroatoms. The summed E-state index contributed by atoms with van der Waals surface area (Å²) in [7, 11) is 1.52. The van der Waals surface area contributed by atoms with Crippen LogP contribution < -0.4 is 0 Å². The molecule has 0 saturated heterocycles. The lowest BCUT2D eigenvalue weighted by atomic mass is 10.1. The van der Waals surface area contributed by atoms with E-state index in [4.69, 9.17) is 9.15 Å². The molecule has 1 aromatic carbocycles. The molecule has 3 rings (SSSR count). The van der Waals surface area contributed by atoms with Gasteiger partial charge >= 0.3 is 5.97 Å². The number of hydrogen-bond donors (Lipinski definition) is 0. The van der Waals surface area contributed by atoms with Crippen LogP contribution >= 0.6 is 0 Å². The third kappa shape index (κ3) is 3.46. The topological polar surface area (TPSA) is 113 Å². The number of benzene rings is 1. The van der Waals surface area contributed by atoms with E-state index in [-0.39, 0.29) is 17.3 Å². The lowest BCUT2D eigenvalue weighted by Gasteiger charge is -2.09. The van der Waals surface area contributed by atoms with Gasteiger partial charge in [-0.1, -0.05) is 17.7 Å². The van der Waals surface area contributed by atoms with E-state index in [9.17, 15) is 14.9 Å². The summed E-state index contributed by atoms with van der Waals surface area (Å²) >= 11 is 0. The molecule has 1 atom stereocenters. The summed E-state index contributed by atoms with van der Waals surface area (Å²) in [5.41, 5.74) is 1.73. The minimum atomic E-state index is -0.803. The first kappa shape index (κ1) is 17.3. The van der Waals surface area contributed by atoms with Gasteiger partial charge < -0.3 is 13.7 Å². The Morgan fingerprint density at radius 3 is 2.62 bits per heavy atom. The van der Waals surface area contributed by atoms with Crippen molar-refractivity contribution in [2.75, 3.05) is 0 Å². The molecule has 0 N–H and O–H groups in total. The molecule has 0 aliphatic carbocycles. The fourth-order valence-electron chi connectivity index (χ4n) is 2.33. The molecule has 0 amide bonds. The number of rotatable bonds is 5. The zero-order valence-corrected chi connectivity index (χ0v) is 14.4. The standard InChI is InChI=1S/C17H16N4O5/c1-10-4-6-12(7-5-10)16-19-18-15(26-16)11(2)25-17(22)14-8-13(21(23)24)9-20(14)3/h4-9,11H,1-3H3/t11-/m1/s1. The molecule has 0 aliphatic heterocycles. The highest BCUT2D eigenvalue weighted by atomic mass is 16.6. The lowest BCUT2D eigenvalue weighted by Crippen LogP contribution is -2.12. The van der Waals surface area contributed by atoms with Crippen LogP contribution in [0, 0.1) is 17.0 Å². The number of esters is 1. The molecule has 0 saturated carbocycles. The second-order valence-electron chi connectivity index (χ2n) is 5.81. The van der Waals surface area contributed by atoms with E-state index < -0.39 is 17.0 Å². The van der Waals surface area contributed by atoms with Crippen LogP contribution in [0.2, 0.25) is 0 Å². The first-order valence-corrected chi connectivity index (χ1v) is 7.77. The van der Waals surface area contributed by atoms with Crippen molar-refractivity contribution in [3.63, 3.8) is 0 Å². The number of nitro groups is 1. The molecule has 134 valence electrons. The van der Waals surface area contributed by atoms with Gasteiger partial charge in [-0.05, 0) is 26.0 Å². The van der Waals surface area contributed by atoms with E-state index in [2.05, 4.69) is 10.2 Å². The summed E-state index contributed by atoms with van der Waals surface area (Å²) in [6, 6.07) is 8.70. The minimum absolute atomic E-state index is 0.0572. The van der Waals surface area contributed by atoms with Crippen LogP contribution in [0.3, 0.4) is 0 Å². The first-order chi connectivity index (χ1) is 12.3. The summed E-state index contributed by atoms with van der Waals surface area (Å²) < 4.78 is 12.2. The van der Waals surface area contributed by atoms with Crippen LogP contribution in [0.25, 0.3) is 11.5 Å². The third-order valence-electron chi connectivity index (χ3n) is 3.78. The molecule has 0 radical (unpaired) electrons. The third-order valence-corrected chi connectivity index (χ3v) is 3.78. The largest absolute Gasteiger partial charge is 0.448 e. The average molecular weight is 356 g/mol. The highest BCUT2D eigenvalue weighted by Crippen LogP contribution is 2.24. The Morgan fingerprint density at radius 2 is 2.00 bits per heavy atom. The van der Waals surface area contributed by atoms with Gasteiger partial charge in [0.05, 0.1) is 11.1 Å². The maximum Gasteiger partial charge on any atom is 0.355 e. The van der Waals surface area contributed by atoms with Gasteiger partial charge in [-0.3, -0.25) is 10.1 Å².